The van der Waals surface area contributed by atoms with Crippen LogP contribution in [0.5, 0.6) is 17.2 Å². The van der Waals surface area contributed by atoms with Gasteiger partial charge in [0.15, 0.2) is 11.5 Å². The first-order chi connectivity index (χ1) is 14.6. The molecule has 1 atom stereocenters. The van der Waals surface area contributed by atoms with E-state index in [0.717, 1.165) is 47.8 Å². The summed E-state index contributed by atoms with van der Waals surface area (Å²) in [5.74, 6) is 2.29. The van der Waals surface area contributed by atoms with E-state index in [1.807, 2.05) is 37.3 Å². The number of nitrogens with zero attached hydrogens (tertiary/aromatic N) is 1. The first-order valence-electron chi connectivity index (χ1n) is 10.5. The van der Waals surface area contributed by atoms with Crippen LogP contribution in [-0.2, 0) is 22.5 Å². The fourth-order valence-electron chi connectivity index (χ4n) is 4.56. The number of fused-ring (bicyclic) bond motifs is 1. The lowest BCUT2D eigenvalue weighted by atomic mass is 9.75. The van der Waals surface area contributed by atoms with Crippen LogP contribution in [0.4, 0.5) is 0 Å². The van der Waals surface area contributed by atoms with E-state index < -0.39 is 5.41 Å². The van der Waals surface area contributed by atoms with Crippen LogP contribution in [0.3, 0.4) is 0 Å². The van der Waals surface area contributed by atoms with Crippen molar-refractivity contribution >= 4 is 5.97 Å². The van der Waals surface area contributed by atoms with Crippen LogP contribution in [0.25, 0.3) is 0 Å². The van der Waals surface area contributed by atoms with Crippen LogP contribution in [-0.4, -0.2) is 44.5 Å². The zero-order valence-corrected chi connectivity index (χ0v) is 17.7. The molecule has 0 bridgehead atoms. The summed E-state index contributed by atoms with van der Waals surface area (Å²) in [4.78, 5) is 15.5. The summed E-state index contributed by atoms with van der Waals surface area (Å²) in [7, 11) is 1.66. The zero-order valence-electron chi connectivity index (χ0n) is 17.7. The van der Waals surface area contributed by atoms with Gasteiger partial charge in [-0.3, -0.25) is 9.69 Å². The van der Waals surface area contributed by atoms with Gasteiger partial charge in [0.25, 0.3) is 0 Å². The molecule has 0 aromatic heterocycles. The van der Waals surface area contributed by atoms with Gasteiger partial charge in [-0.1, -0.05) is 24.3 Å². The van der Waals surface area contributed by atoms with E-state index >= 15 is 0 Å². The van der Waals surface area contributed by atoms with Crippen LogP contribution in [0, 0.1) is 5.41 Å². The van der Waals surface area contributed by atoms with Gasteiger partial charge in [-0.15, -0.1) is 0 Å². The second kappa shape index (κ2) is 8.96. The fourth-order valence-corrected chi connectivity index (χ4v) is 4.56. The van der Waals surface area contributed by atoms with Crippen LogP contribution >= 0.6 is 0 Å². The standard InChI is InChI=1S/C24H29NO5/c1-3-28-23(26)24(14-18-7-4-9-20(13-18)27-2)11-6-12-25(16-24)15-19-8-5-10-21-22(19)30-17-29-21/h4-5,7-10,13H,3,6,11-12,14-17H2,1-2H3/t24-/m0/s1. The highest BCUT2D eigenvalue weighted by Gasteiger charge is 2.43. The second-order valence-corrected chi connectivity index (χ2v) is 7.99. The van der Waals surface area contributed by atoms with Crippen molar-refractivity contribution in [3.63, 3.8) is 0 Å². The van der Waals surface area contributed by atoms with Gasteiger partial charge in [-0.25, -0.2) is 0 Å². The van der Waals surface area contributed by atoms with Gasteiger partial charge in [0, 0.05) is 18.7 Å². The number of carbonyl (C=O) groups is 1. The number of benzene rings is 2. The molecule has 2 aliphatic rings. The first kappa shape index (κ1) is 20.5. The highest BCUT2D eigenvalue weighted by molar-refractivity contribution is 5.78. The summed E-state index contributed by atoms with van der Waals surface area (Å²) in [5.41, 5.74) is 1.60. The molecule has 0 unspecified atom stereocenters. The molecule has 0 saturated carbocycles. The summed E-state index contributed by atoms with van der Waals surface area (Å²) in [5, 5.41) is 0. The molecule has 0 N–H and O–H groups in total. The summed E-state index contributed by atoms with van der Waals surface area (Å²) >= 11 is 0. The average Bonchev–Trinajstić information content (AvgIpc) is 3.24. The third-order valence-electron chi connectivity index (χ3n) is 5.91. The van der Waals surface area contributed by atoms with Gasteiger partial charge in [-0.05, 0) is 56.5 Å². The van der Waals surface area contributed by atoms with E-state index in [4.69, 9.17) is 18.9 Å². The van der Waals surface area contributed by atoms with E-state index in [0.29, 0.717) is 26.1 Å². The molecule has 30 heavy (non-hydrogen) atoms. The van der Waals surface area contributed by atoms with Crippen molar-refractivity contribution < 1.29 is 23.7 Å². The molecule has 2 heterocycles. The van der Waals surface area contributed by atoms with E-state index in [1.54, 1.807) is 7.11 Å². The highest BCUT2D eigenvalue weighted by Crippen LogP contribution is 2.39. The summed E-state index contributed by atoms with van der Waals surface area (Å²) in [6, 6.07) is 13.9. The monoisotopic (exact) mass is 411 g/mol. The number of hydrogen-bond donors (Lipinski definition) is 0. The summed E-state index contributed by atoms with van der Waals surface area (Å²) in [6.07, 6.45) is 2.38. The van der Waals surface area contributed by atoms with Gasteiger partial charge >= 0.3 is 5.97 Å². The maximum Gasteiger partial charge on any atom is 0.313 e. The lowest BCUT2D eigenvalue weighted by molar-refractivity contribution is -0.159. The third-order valence-corrected chi connectivity index (χ3v) is 5.91. The maximum atomic E-state index is 13.1. The molecular weight excluding hydrogens is 382 g/mol. The first-order valence-corrected chi connectivity index (χ1v) is 10.5. The van der Waals surface area contributed by atoms with Crippen LogP contribution < -0.4 is 14.2 Å². The number of likely N-dealkylation sites (tertiary alicyclic amines) is 1. The normalized spacial score (nSPS) is 20.7. The van der Waals surface area contributed by atoms with Gasteiger partial charge < -0.3 is 18.9 Å². The fraction of sp³-hybridized carbons (Fsp3) is 0.458. The Labute approximate surface area is 177 Å². The topological polar surface area (TPSA) is 57.2 Å². The van der Waals surface area contributed by atoms with Crippen molar-refractivity contribution in [3.05, 3.63) is 53.6 Å². The quantitative estimate of drug-likeness (QED) is 0.646. The maximum absolute atomic E-state index is 13.1. The Balaban J connectivity index is 1.57. The lowest BCUT2D eigenvalue weighted by Gasteiger charge is -2.41. The van der Waals surface area contributed by atoms with E-state index in [1.165, 1.54) is 0 Å². The van der Waals surface area contributed by atoms with Crippen molar-refractivity contribution in [2.75, 3.05) is 33.6 Å². The molecule has 160 valence electrons. The average molecular weight is 411 g/mol. The molecular formula is C24H29NO5. The predicted octanol–water partition coefficient (Wildman–Crippen LogP) is 3.81. The van der Waals surface area contributed by atoms with Crippen molar-refractivity contribution in [3.8, 4) is 17.2 Å². The van der Waals surface area contributed by atoms with Gasteiger partial charge in [0.1, 0.15) is 5.75 Å². The Morgan fingerprint density at radius 2 is 2.07 bits per heavy atom. The second-order valence-electron chi connectivity index (χ2n) is 7.99. The Kier molecular flexibility index (Phi) is 6.13. The Hall–Kier alpha value is -2.73. The molecule has 2 aliphatic heterocycles. The van der Waals surface area contributed by atoms with Crippen LogP contribution in [0.2, 0.25) is 0 Å². The number of rotatable bonds is 7. The molecule has 0 spiro atoms. The summed E-state index contributed by atoms with van der Waals surface area (Å²) in [6.45, 7) is 4.80. The lowest BCUT2D eigenvalue weighted by Crippen LogP contribution is -2.49. The van der Waals surface area contributed by atoms with Crippen molar-refractivity contribution in [1.82, 2.24) is 4.90 Å². The number of carbonyl (C=O) groups excluding carboxylic acids is 1. The molecule has 2 aromatic rings. The minimum absolute atomic E-state index is 0.115. The third kappa shape index (κ3) is 4.24. The molecule has 0 aliphatic carbocycles. The predicted molar refractivity (Wildman–Crippen MR) is 113 cm³/mol. The largest absolute Gasteiger partial charge is 0.497 e. The van der Waals surface area contributed by atoms with Crippen LogP contribution in [0.15, 0.2) is 42.5 Å². The minimum atomic E-state index is -0.573. The smallest absolute Gasteiger partial charge is 0.313 e. The number of para-hydroxylation sites is 1. The number of hydrogen-bond acceptors (Lipinski definition) is 6. The number of methoxy groups -OCH3 is 1. The minimum Gasteiger partial charge on any atom is -0.497 e. The number of esters is 1. The molecule has 0 amide bonds. The van der Waals surface area contributed by atoms with Gasteiger partial charge in [0.05, 0.1) is 19.1 Å². The SMILES string of the molecule is CCOC(=O)[C@]1(Cc2cccc(OC)c2)CCCN(Cc2cccc3c2OCO3)C1. The molecule has 0 radical (unpaired) electrons. The van der Waals surface area contributed by atoms with E-state index in [9.17, 15) is 4.79 Å². The molecule has 4 rings (SSSR count). The zero-order chi connectivity index (χ0) is 21.0. The molecule has 2 aromatic carbocycles. The van der Waals surface area contributed by atoms with Gasteiger partial charge in [-0.2, -0.15) is 0 Å². The number of ether oxygens (including phenoxy) is 4. The molecule has 6 nitrogen and oxygen atoms in total. The van der Waals surface area contributed by atoms with E-state index in [2.05, 4.69) is 17.0 Å². The van der Waals surface area contributed by atoms with Gasteiger partial charge in [0.2, 0.25) is 6.79 Å². The highest BCUT2D eigenvalue weighted by atomic mass is 16.7. The molecule has 6 heteroatoms. The van der Waals surface area contributed by atoms with E-state index in [-0.39, 0.29) is 12.8 Å². The molecule has 1 saturated heterocycles. The Bertz CT molecular complexity index is 899. The van der Waals surface area contributed by atoms with Crippen molar-refractivity contribution in [1.29, 1.82) is 0 Å². The summed E-state index contributed by atoms with van der Waals surface area (Å²) < 4.78 is 22.1. The van der Waals surface area contributed by atoms with Crippen molar-refractivity contribution in [2.24, 2.45) is 5.41 Å². The van der Waals surface area contributed by atoms with Crippen molar-refractivity contribution in [2.45, 2.75) is 32.7 Å². The Morgan fingerprint density at radius 1 is 1.20 bits per heavy atom. The number of piperidine rings is 1. The molecule has 1 fully saturated rings. The Morgan fingerprint density at radius 3 is 2.90 bits per heavy atom. The van der Waals surface area contributed by atoms with Crippen LogP contribution in [0.1, 0.15) is 30.9 Å².